The molecule has 1 saturated carbocycles. The van der Waals surface area contributed by atoms with Crippen molar-refractivity contribution >= 4 is 6.47 Å². The maximum Gasteiger partial charge on any atom is 0.293 e. The highest BCUT2D eigenvalue weighted by Gasteiger charge is 2.50. The summed E-state index contributed by atoms with van der Waals surface area (Å²) in [6.45, 7) is 1.72. The maximum atomic E-state index is 10.3. The molecule has 6 nitrogen and oxygen atoms in total. The topological polar surface area (TPSA) is 77.2 Å². The van der Waals surface area contributed by atoms with Crippen LogP contribution in [0, 0.1) is 17.8 Å². The lowest BCUT2D eigenvalue weighted by Gasteiger charge is -2.09. The van der Waals surface area contributed by atoms with Gasteiger partial charge in [0.25, 0.3) is 6.47 Å². The third kappa shape index (κ3) is 2.36. The lowest BCUT2D eigenvalue weighted by Crippen LogP contribution is -2.10. The number of ether oxygens (including phenoxy) is 1. The summed E-state index contributed by atoms with van der Waals surface area (Å²) in [6.07, 6.45) is 4.10. The van der Waals surface area contributed by atoms with Gasteiger partial charge in [-0.05, 0) is 43.4 Å². The second-order valence-electron chi connectivity index (χ2n) is 5.43. The fraction of sp³-hybridized carbons (Fsp3) is 0.769. The monoisotopic (exact) mass is 265 g/mol. The van der Waals surface area contributed by atoms with Crippen LogP contribution in [0.3, 0.4) is 0 Å². The van der Waals surface area contributed by atoms with Gasteiger partial charge in [0.05, 0.1) is 31.1 Å². The fourth-order valence-corrected chi connectivity index (χ4v) is 3.50. The van der Waals surface area contributed by atoms with Crippen molar-refractivity contribution in [2.24, 2.45) is 17.8 Å². The van der Waals surface area contributed by atoms with Gasteiger partial charge >= 0.3 is 0 Å². The molecular weight excluding hydrogens is 246 g/mol. The van der Waals surface area contributed by atoms with Gasteiger partial charge < -0.3 is 9.84 Å². The molecule has 0 bridgehead atoms. The van der Waals surface area contributed by atoms with E-state index in [9.17, 15) is 4.79 Å². The molecule has 0 amide bonds. The van der Waals surface area contributed by atoms with Crippen LogP contribution in [0.1, 0.15) is 24.2 Å². The van der Waals surface area contributed by atoms with E-state index in [4.69, 9.17) is 9.84 Å². The minimum Gasteiger partial charge on any atom is -0.468 e. The van der Waals surface area contributed by atoms with E-state index in [1.807, 2.05) is 4.68 Å². The van der Waals surface area contributed by atoms with Crippen LogP contribution in [0.2, 0.25) is 0 Å². The summed E-state index contributed by atoms with van der Waals surface area (Å²) in [5, 5.41) is 17.4. The number of carbonyl (C=O) groups excluding carboxylic acids is 1. The molecule has 0 aliphatic heterocycles. The van der Waals surface area contributed by atoms with Crippen molar-refractivity contribution in [2.45, 2.75) is 32.2 Å². The average Bonchev–Trinajstić information content (AvgIpc) is 2.91. The summed E-state index contributed by atoms with van der Waals surface area (Å²) in [5.41, 5.74) is 2.25. The van der Waals surface area contributed by atoms with Crippen molar-refractivity contribution in [3.8, 4) is 0 Å². The number of carbonyl (C=O) groups is 1. The quantitative estimate of drug-likeness (QED) is 0.769. The first-order chi connectivity index (χ1) is 9.35. The van der Waals surface area contributed by atoms with Gasteiger partial charge in [0.2, 0.25) is 0 Å². The Morgan fingerprint density at radius 1 is 1.37 bits per heavy atom. The molecule has 6 heteroatoms. The number of fused-ring (bicyclic) bond motifs is 2. The van der Waals surface area contributed by atoms with Gasteiger partial charge in [-0.25, -0.2) is 4.68 Å². The van der Waals surface area contributed by atoms with Crippen molar-refractivity contribution in [2.75, 3.05) is 13.2 Å². The largest absolute Gasteiger partial charge is 0.468 e. The molecule has 1 heterocycles. The summed E-state index contributed by atoms with van der Waals surface area (Å²) in [7, 11) is 0. The molecule has 0 aromatic carbocycles. The van der Waals surface area contributed by atoms with Crippen LogP contribution >= 0.6 is 0 Å². The lowest BCUT2D eigenvalue weighted by atomic mass is 10.0. The first-order valence-corrected chi connectivity index (χ1v) is 6.92. The van der Waals surface area contributed by atoms with Crippen LogP contribution in [0.25, 0.3) is 0 Å². The molecule has 3 atom stereocenters. The molecule has 1 N–H and O–H groups in total. The van der Waals surface area contributed by atoms with Crippen molar-refractivity contribution in [1.82, 2.24) is 15.0 Å². The van der Waals surface area contributed by atoms with Gasteiger partial charge in [0.1, 0.15) is 0 Å². The Kier molecular flexibility index (Phi) is 3.50. The summed E-state index contributed by atoms with van der Waals surface area (Å²) in [5.74, 6) is 1.88. The summed E-state index contributed by atoms with van der Waals surface area (Å²) in [4.78, 5) is 10.3. The molecule has 3 rings (SSSR count). The van der Waals surface area contributed by atoms with Crippen LogP contribution in [0.4, 0.5) is 0 Å². The number of aryl methyl sites for hydroxylation is 1. The van der Waals surface area contributed by atoms with Crippen LogP contribution in [-0.4, -0.2) is 39.8 Å². The Hall–Kier alpha value is -1.43. The number of aliphatic hydroxyl groups excluding tert-OH is 1. The predicted octanol–water partition coefficient (Wildman–Crippen LogP) is 0.184. The second kappa shape index (κ2) is 5.28. The Bertz CT molecular complexity index is 460. The fourth-order valence-electron chi connectivity index (χ4n) is 3.50. The van der Waals surface area contributed by atoms with E-state index in [1.165, 1.54) is 5.69 Å². The summed E-state index contributed by atoms with van der Waals surface area (Å²) < 4.78 is 6.73. The molecule has 2 aliphatic carbocycles. The zero-order valence-electron chi connectivity index (χ0n) is 10.9. The second-order valence-corrected chi connectivity index (χ2v) is 5.43. The molecule has 2 aliphatic rings. The SMILES string of the molecule is O=COCC1C2CCc3nnn(CCO)c3CCC21. The molecule has 1 aromatic rings. The number of rotatable bonds is 5. The Balaban J connectivity index is 1.67. The third-order valence-electron chi connectivity index (χ3n) is 4.52. The van der Waals surface area contributed by atoms with E-state index in [2.05, 4.69) is 10.3 Å². The molecule has 0 saturated heterocycles. The summed E-state index contributed by atoms with van der Waals surface area (Å²) in [6, 6.07) is 0. The van der Waals surface area contributed by atoms with E-state index < -0.39 is 0 Å². The molecular formula is C13H19N3O3. The molecule has 1 aromatic heterocycles. The third-order valence-corrected chi connectivity index (χ3v) is 4.52. The van der Waals surface area contributed by atoms with Crippen molar-refractivity contribution in [3.63, 3.8) is 0 Å². The van der Waals surface area contributed by atoms with Gasteiger partial charge in [-0.15, -0.1) is 5.10 Å². The zero-order chi connectivity index (χ0) is 13.2. The highest BCUT2D eigenvalue weighted by atomic mass is 16.5. The van der Waals surface area contributed by atoms with Gasteiger partial charge in [0, 0.05) is 0 Å². The Labute approximate surface area is 111 Å². The highest BCUT2D eigenvalue weighted by molar-refractivity contribution is 5.37. The molecule has 0 spiro atoms. The van der Waals surface area contributed by atoms with Gasteiger partial charge in [-0.3, -0.25) is 4.79 Å². The van der Waals surface area contributed by atoms with Crippen molar-refractivity contribution in [3.05, 3.63) is 11.4 Å². The van der Waals surface area contributed by atoms with E-state index in [1.54, 1.807) is 0 Å². The highest BCUT2D eigenvalue weighted by Crippen LogP contribution is 2.52. The number of hydrogen-bond acceptors (Lipinski definition) is 5. The molecule has 1 fully saturated rings. The molecule has 3 unspecified atom stereocenters. The van der Waals surface area contributed by atoms with E-state index >= 15 is 0 Å². The van der Waals surface area contributed by atoms with Gasteiger partial charge in [-0.1, -0.05) is 5.21 Å². The normalized spacial score (nSPS) is 28.8. The number of hydrogen-bond donors (Lipinski definition) is 1. The van der Waals surface area contributed by atoms with Crippen molar-refractivity contribution in [1.29, 1.82) is 0 Å². The van der Waals surface area contributed by atoms with E-state index in [-0.39, 0.29) is 6.61 Å². The van der Waals surface area contributed by atoms with E-state index in [0.29, 0.717) is 37.4 Å². The first kappa shape index (κ1) is 12.6. The van der Waals surface area contributed by atoms with Gasteiger partial charge in [0.15, 0.2) is 0 Å². The number of nitrogens with zero attached hydrogens (tertiary/aromatic N) is 3. The van der Waals surface area contributed by atoms with E-state index in [0.717, 1.165) is 31.4 Å². The van der Waals surface area contributed by atoms with Crippen LogP contribution < -0.4 is 0 Å². The molecule has 19 heavy (non-hydrogen) atoms. The number of aliphatic hydroxyl groups is 1. The minimum absolute atomic E-state index is 0.0949. The summed E-state index contributed by atoms with van der Waals surface area (Å²) >= 11 is 0. The van der Waals surface area contributed by atoms with Crippen LogP contribution in [0.5, 0.6) is 0 Å². The van der Waals surface area contributed by atoms with Crippen LogP contribution in [0.15, 0.2) is 0 Å². The Morgan fingerprint density at radius 3 is 2.89 bits per heavy atom. The van der Waals surface area contributed by atoms with Crippen LogP contribution in [-0.2, 0) is 28.9 Å². The average molecular weight is 265 g/mol. The predicted molar refractivity (Wildman–Crippen MR) is 66.2 cm³/mol. The lowest BCUT2D eigenvalue weighted by molar-refractivity contribution is -0.129. The van der Waals surface area contributed by atoms with Crippen molar-refractivity contribution < 1.29 is 14.6 Å². The number of aromatic nitrogens is 3. The zero-order valence-corrected chi connectivity index (χ0v) is 10.9. The Morgan fingerprint density at radius 2 is 2.16 bits per heavy atom. The molecule has 0 radical (unpaired) electrons. The standard InChI is InChI=1S/C13H19N3O3/c17-6-5-16-13-4-2-10-9(11(10)7-19-8-18)1-3-12(13)14-15-16/h8-11,17H,1-7H2. The minimum atomic E-state index is 0.0949. The first-order valence-electron chi connectivity index (χ1n) is 6.92. The molecule has 104 valence electrons. The maximum absolute atomic E-state index is 10.3. The smallest absolute Gasteiger partial charge is 0.293 e. The van der Waals surface area contributed by atoms with Gasteiger partial charge in [-0.2, -0.15) is 0 Å².